The number of nitrogens with one attached hydrogen (secondary N) is 1. The van der Waals surface area contributed by atoms with E-state index >= 15 is 0 Å². The molecule has 3 nitrogen and oxygen atoms in total. The van der Waals surface area contributed by atoms with Crippen LogP contribution in [0.1, 0.15) is 26.2 Å². The van der Waals surface area contributed by atoms with Gasteiger partial charge in [-0.1, -0.05) is 19.8 Å². The van der Waals surface area contributed by atoms with Gasteiger partial charge >= 0.3 is 5.76 Å². The second-order valence-electron chi connectivity index (χ2n) is 2.41. The van der Waals surface area contributed by atoms with Gasteiger partial charge in [-0.05, 0) is 6.42 Å². The highest BCUT2D eigenvalue weighted by Crippen LogP contribution is 2.01. The minimum absolute atomic E-state index is 0.0977. The predicted octanol–water partition coefficient (Wildman–Crippen LogP) is 1.32. The summed E-state index contributed by atoms with van der Waals surface area (Å²) in [6.45, 7) is 2.04. The van der Waals surface area contributed by atoms with E-state index in [0.29, 0.717) is 6.42 Å². The van der Waals surface area contributed by atoms with Crippen molar-refractivity contribution in [1.82, 2.24) is 4.72 Å². The first-order valence-corrected chi connectivity index (χ1v) is 5.32. The summed E-state index contributed by atoms with van der Waals surface area (Å²) in [5, 5.41) is 0. The molecule has 0 fully saturated rings. The van der Waals surface area contributed by atoms with Crippen LogP contribution in [0.5, 0.6) is 0 Å². The number of hydrogen-bond donors (Lipinski definition) is 1. The molecule has 0 aliphatic rings. The second kappa shape index (κ2) is 5.42. The summed E-state index contributed by atoms with van der Waals surface area (Å²) < 4.78 is 46.0. The van der Waals surface area contributed by atoms with Crippen molar-refractivity contribution in [3.05, 3.63) is 0 Å². The molecule has 1 N–H and O–H groups in total. The zero-order valence-corrected chi connectivity index (χ0v) is 7.70. The van der Waals surface area contributed by atoms with Crippen molar-refractivity contribution < 1.29 is 17.2 Å². The van der Waals surface area contributed by atoms with Crippen molar-refractivity contribution in [1.29, 1.82) is 0 Å². The Kier molecular flexibility index (Phi) is 5.32. The number of sulfonamides is 1. The summed E-state index contributed by atoms with van der Waals surface area (Å²) in [5.41, 5.74) is 0. The molecule has 6 heteroatoms. The van der Waals surface area contributed by atoms with Gasteiger partial charge in [-0.25, -0.2) is 13.1 Å². The van der Waals surface area contributed by atoms with E-state index in [1.54, 1.807) is 0 Å². The monoisotopic (exact) mass is 201 g/mol. The lowest BCUT2D eigenvalue weighted by molar-refractivity contribution is 0.232. The topological polar surface area (TPSA) is 46.2 Å². The third-order valence-electron chi connectivity index (χ3n) is 1.32. The Morgan fingerprint density at radius 1 is 1.33 bits per heavy atom. The van der Waals surface area contributed by atoms with Crippen LogP contribution in [0.25, 0.3) is 0 Å². The van der Waals surface area contributed by atoms with Gasteiger partial charge in [-0.15, -0.1) is 0 Å². The molecule has 0 aromatic rings. The molecule has 0 aliphatic heterocycles. The summed E-state index contributed by atoms with van der Waals surface area (Å²) in [7, 11) is -4.36. The fourth-order valence-electron chi connectivity index (χ4n) is 0.652. The van der Waals surface area contributed by atoms with E-state index in [1.807, 2.05) is 11.6 Å². The van der Waals surface area contributed by atoms with Crippen LogP contribution >= 0.6 is 0 Å². The van der Waals surface area contributed by atoms with Gasteiger partial charge < -0.3 is 0 Å². The third kappa shape index (κ3) is 4.61. The van der Waals surface area contributed by atoms with Gasteiger partial charge in [0.05, 0.1) is 0 Å². The molecule has 0 atom stereocenters. The first-order chi connectivity index (χ1) is 5.50. The minimum atomic E-state index is -4.36. The molecule has 0 radical (unpaired) electrons. The number of halogens is 2. The van der Waals surface area contributed by atoms with E-state index in [-0.39, 0.29) is 6.54 Å². The first-order valence-electron chi connectivity index (χ1n) is 3.77. The van der Waals surface area contributed by atoms with E-state index < -0.39 is 15.8 Å². The van der Waals surface area contributed by atoms with Gasteiger partial charge in [-0.2, -0.15) is 8.78 Å². The second-order valence-corrected chi connectivity index (χ2v) is 4.14. The standard InChI is InChI=1S/C6H13F2NO2S/c1-2-3-4-5-9-12(10,11)6(7)8/h6,9H,2-5H2,1H3. The van der Waals surface area contributed by atoms with E-state index in [2.05, 4.69) is 0 Å². The van der Waals surface area contributed by atoms with Gasteiger partial charge in [-0.3, -0.25) is 0 Å². The lowest BCUT2D eigenvalue weighted by atomic mass is 10.3. The van der Waals surface area contributed by atoms with Crippen LogP contribution in [0, 0.1) is 0 Å². The fraction of sp³-hybridized carbons (Fsp3) is 1.00. The highest BCUT2D eigenvalue weighted by molar-refractivity contribution is 7.89. The highest BCUT2D eigenvalue weighted by Gasteiger charge is 2.22. The molecule has 0 saturated carbocycles. The first kappa shape index (κ1) is 11.8. The van der Waals surface area contributed by atoms with Crippen molar-refractivity contribution in [2.45, 2.75) is 31.9 Å². The average molecular weight is 201 g/mol. The summed E-state index contributed by atoms with van der Waals surface area (Å²) in [6.07, 6.45) is 2.37. The van der Waals surface area contributed by atoms with Gasteiger partial charge in [0, 0.05) is 6.54 Å². The zero-order chi connectivity index (χ0) is 9.61. The molecule has 0 saturated heterocycles. The summed E-state index contributed by atoms with van der Waals surface area (Å²) in [6, 6.07) is 0. The van der Waals surface area contributed by atoms with E-state index in [9.17, 15) is 17.2 Å². The molecule has 0 aromatic heterocycles. The molecular formula is C6H13F2NO2S. The van der Waals surface area contributed by atoms with E-state index in [4.69, 9.17) is 0 Å². The SMILES string of the molecule is CCCCCNS(=O)(=O)C(F)F. The maximum atomic E-state index is 11.7. The van der Waals surface area contributed by atoms with Crippen molar-refractivity contribution in [2.24, 2.45) is 0 Å². The largest absolute Gasteiger partial charge is 0.350 e. The predicted molar refractivity (Wildman–Crippen MR) is 42.5 cm³/mol. The van der Waals surface area contributed by atoms with E-state index in [0.717, 1.165) is 12.8 Å². The molecular weight excluding hydrogens is 188 g/mol. The number of unbranched alkanes of at least 4 members (excludes halogenated alkanes) is 2. The lowest BCUT2D eigenvalue weighted by Crippen LogP contribution is -2.30. The molecule has 74 valence electrons. The third-order valence-corrected chi connectivity index (χ3v) is 2.39. The number of alkyl halides is 2. The van der Waals surface area contributed by atoms with Crippen molar-refractivity contribution >= 4 is 10.0 Å². The summed E-state index contributed by atoms with van der Waals surface area (Å²) in [5.74, 6) is -3.32. The Bertz CT molecular complexity index is 204. The Hall–Kier alpha value is -0.230. The average Bonchev–Trinajstić information content (AvgIpc) is 1.98. The van der Waals surface area contributed by atoms with Crippen LogP contribution in [0.4, 0.5) is 8.78 Å². The quantitative estimate of drug-likeness (QED) is 0.659. The molecule has 12 heavy (non-hydrogen) atoms. The summed E-state index contributed by atoms with van der Waals surface area (Å²) >= 11 is 0. The summed E-state index contributed by atoms with van der Waals surface area (Å²) in [4.78, 5) is 0. The Morgan fingerprint density at radius 3 is 2.33 bits per heavy atom. The van der Waals surface area contributed by atoms with Crippen LogP contribution in [0.15, 0.2) is 0 Å². The molecule has 0 rings (SSSR count). The lowest BCUT2D eigenvalue weighted by Gasteiger charge is -2.03. The molecule has 0 heterocycles. The fourth-order valence-corrected chi connectivity index (χ4v) is 1.21. The normalized spacial score (nSPS) is 12.3. The number of rotatable bonds is 6. The van der Waals surface area contributed by atoms with Gasteiger partial charge in [0.25, 0.3) is 10.0 Å². The van der Waals surface area contributed by atoms with Gasteiger partial charge in [0.15, 0.2) is 0 Å². The smallest absolute Gasteiger partial charge is 0.210 e. The molecule has 0 unspecified atom stereocenters. The Labute approximate surface area is 71.2 Å². The van der Waals surface area contributed by atoms with E-state index in [1.165, 1.54) is 0 Å². The van der Waals surface area contributed by atoms with Gasteiger partial charge in [0.1, 0.15) is 0 Å². The molecule has 0 bridgehead atoms. The van der Waals surface area contributed by atoms with Crippen LogP contribution in [0.2, 0.25) is 0 Å². The minimum Gasteiger partial charge on any atom is -0.210 e. The molecule has 0 amide bonds. The highest BCUT2D eigenvalue weighted by atomic mass is 32.2. The van der Waals surface area contributed by atoms with Crippen molar-refractivity contribution in [3.63, 3.8) is 0 Å². The Morgan fingerprint density at radius 2 is 1.92 bits per heavy atom. The zero-order valence-electron chi connectivity index (χ0n) is 6.89. The molecule has 0 aromatic carbocycles. The Balaban J connectivity index is 3.63. The molecule has 0 spiro atoms. The van der Waals surface area contributed by atoms with Crippen LogP contribution in [-0.4, -0.2) is 20.7 Å². The van der Waals surface area contributed by atoms with Crippen molar-refractivity contribution in [3.8, 4) is 0 Å². The maximum absolute atomic E-state index is 11.7. The van der Waals surface area contributed by atoms with Gasteiger partial charge in [0.2, 0.25) is 0 Å². The maximum Gasteiger partial charge on any atom is 0.350 e. The van der Waals surface area contributed by atoms with Crippen LogP contribution < -0.4 is 4.72 Å². The van der Waals surface area contributed by atoms with Crippen LogP contribution in [-0.2, 0) is 10.0 Å². The van der Waals surface area contributed by atoms with Crippen LogP contribution in [0.3, 0.4) is 0 Å². The molecule has 0 aliphatic carbocycles. The van der Waals surface area contributed by atoms with Crippen molar-refractivity contribution in [2.75, 3.05) is 6.54 Å². The number of hydrogen-bond acceptors (Lipinski definition) is 2.